The zero-order chi connectivity index (χ0) is 9.73. The molecular formula is C10H18O3. The Bertz CT molecular complexity index is 179. The number of unbranched alkanes of at least 4 members (excludes halogenated alkanes) is 1. The van der Waals surface area contributed by atoms with Crippen LogP contribution in [0, 0.1) is 0 Å². The lowest BCUT2D eigenvalue weighted by Crippen LogP contribution is -2.31. The first kappa shape index (κ1) is 10.4. The lowest BCUT2D eigenvalue weighted by molar-refractivity contribution is 0.0399. The fourth-order valence-electron chi connectivity index (χ4n) is 1.75. The largest absolute Gasteiger partial charge is 0.509 e. The molecule has 0 spiro atoms. The second-order valence-corrected chi connectivity index (χ2v) is 3.68. The van der Waals surface area contributed by atoms with Crippen molar-refractivity contribution in [3.63, 3.8) is 0 Å². The summed E-state index contributed by atoms with van der Waals surface area (Å²) in [5.74, 6) is 0. The third-order valence-electron chi connectivity index (χ3n) is 2.44. The molecule has 0 amide bonds. The van der Waals surface area contributed by atoms with Crippen molar-refractivity contribution in [2.45, 2.75) is 51.6 Å². The van der Waals surface area contributed by atoms with E-state index in [1.807, 2.05) is 0 Å². The van der Waals surface area contributed by atoms with Crippen molar-refractivity contribution in [1.82, 2.24) is 0 Å². The average molecular weight is 186 g/mol. The van der Waals surface area contributed by atoms with Gasteiger partial charge in [0, 0.05) is 0 Å². The van der Waals surface area contributed by atoms with E-state index in [4.69, 9.17) is 9.47 Å². The number of carbonyl (C=O) groups excluding carboxylic acids is 1. The van der Waals surface area contributed by atoms with E-state index in [-0.39, 0.29) is 5.60 Å². The van der Waals surface area contributed by atoms with E-state index in [1.165, 1.54) is 0 Å². The molecule has 1 fully saturated rings. The Hall–Kier alpha value is -0.730. The second-order valence-electron chi connectivity index (χ2n) is 3.68. The SMILES string of the molecule is CCCCC1(CCC)COC(=O)O1. The predicted molar refractivity (Wildman–Crippen MR) is 49.6 cm³/mol. The second kappa shape index (κ2) is 4.49. The molecule has 0 aromatic heterocycles. The number of rotatable bonds is 5. The summed E-state index contributed by atoms with van der Waals surface area (Å²) in [6.45, 7) is 4.68. The van der Waals surface area contributed by atoms with Crippen molar-refractivity contribution >= 4 is 6.16 Å². The molecule has 0 bridgehead atoms. The molecule has 76 valence electrons. The molecule has 0 aromatic rings. The topological polar surface area (TPSA) is 35.5 Å². The van der Waals surface area contributed by atoms with Gasteiger partial charge in [-0.2, -0.15) is 0 Å². The quantitative estimate of drug-likeness (QED) is 0.619. The Morgan fingerprint density at radius 1 is 1.31 bits per heavy atom. The first-order chi connectivity index (χ1) is 6.22. The number of ether oxygens (including phenoxy) is 2. The van der Waals surface area contributed by atoms with Gasteiger partial charge < -0.3 is 9.47 Å². The molecule has 1 saturated heterocycles. The van der Waals surface area contributed by atoms with Crippen LogP contribution in [0.15, 0.2) is 0 Å². The predicted octanol–water partition coefficient (Wildman–Crippen LogP) is 2.88. The lowest BCUT2D eigenvalue weighted by atomic mass is 9.93. The van der Waals surface area contributed by atoms with Crippen LogP contribution >= 0.6 is 0 Å². The molecule has 0 N–H and O–H groups in total. The van der Waals surface area contributed by atoms with Crippen molar-refractivity contribution in [2.75, 3.05) is 6.61 Å². The number of carbonyl (C=O) groups is 1. The average Bonchev–Trinajstić information content (AvgIpc) is 2.46. The summed E-state index contributed by atoms with van der Waals surface area (Å²) in [5.41, 5.74) is -0.304. The molecule has 1 rings (SSSR count). The third kappa shape index (κ3) is 2.61. The molecule has 3 nitrogen and oxygen atoms in total. The van der Waals surface area contributed by atoms with Crippen LogP contribution in [0.25, 0.3) is 0 Å². The van der Waals surface area contributed by atoms with Gasteiger partial charge in [0.05, 0.1) is 0 Å². The molecule has 0 aromatic carbocycles. The Morgan fingerprint density at radius 2 is 2.08 bits per heavy atom. The van der Waals surface area contributed by atoms with Gasteiger partial charge in [0.15, 0.2) is 0 Å². The van der Waals surface area contributed by atoms with E-state index in [0.29, 0.717) is 6.61 Å². The summed E-state index contributed by atoms with van der Waals surface area (Å²) in [7, 11) is 0. The Labute approximate surface area is 79.4 Å². The number of hydrogen-bond donors (Lipinski definition) is 0. The molecule has 1 aliphatic heterocycles. The summed E-state index contributed by atoms with van der Waals surface area (Å²) in [6.07, 6.45) is 4.60. The summed E-state index contributed by atoms with van der Waals surface area (Å²) in [6, 6.07) is 0. The number of hydrogen-bond acceptors (Lipinski definition) is 3. The fraction of sp³-hybridized carbons (Fsp3) is 0.900. The van der Waals surface area contributed by atoms with Gasteiger partial charge in [-0.3, -0.25) is 0 Å². The van der Waals surface area contributed by atoms with Crippen LogP contribution in [0.4, 0.5) is 4.79 Å². The summed E-state index contributed by atoms with van der Waals surface area (Å²) < 4.78 is 10.1. The van der Waals surface area contributed by atoms with E-state index >= 15 is 0 Å². The first-order valence-corrected chi connectivity index (χ1v) is 5.08. The number of cyclic esters (lactones) is 2. The molecule has 13 heavy (non-hydrogen) atoms. The minimum absolute atomic E-state index is 0.304. The van der Waals surface area contributed by atoms with Crippen LogP contribution in [-0.2, 0) is 9.47 Å². The summed E-state index contributed by atoms with van der Waals surface area (Å²) in [4.78, 5) is 10.9. The van der Waals surface area contributed by atoms with Gasteiger partial charge in [0.25, 0.3) is 0 Å². The Kier molecular flexibility index (Phi) is 3.58. The van der Waals surface area contributed by atoms with E-state index in [9.17, 15) is 4.79 Å². The van der Waals surface area contributed by atoms with E-state index in [0.717, 1.165) is 32.1 Å². The highest BCUT2D eigenvalue weighted by Crippen LogP contribution is 2.30. The molecule has 3 heteroatoms. The zero-order valence-electron chi connectivity index (χ0n) is 8.47. The zero-order valence-corrected chi connectivity index (χ0v) is 8.47. The van der Waals surface area contributed by atoms with E-state index in [2.05, 4.69) is 13.8 Å². The van der Waals surface area contributed by atoms with Gasteiger partial charge >= 0.3 is 6.16 Å². The van der Waals surface area contributed by atoms with Gasteiger partial charge in [-0.25, -0.2) is 4.79 Å². The van der Waals surface area contributed by atoms with Crippen LogP contribution in [0.3, 0.4) is 0 Å². The van der Waals surface area contributed by atoms with Crippen LogP contribution < -0.4 is 0 Å². The maximum atomic E-state index is 10.9. The van der Waals surface area contributed by atoms with Crippen LogP contribution in [0.5, 0.6) is 0 Å². The van der Waals surface area contributed by atoms with Crippen LogP contribution in [-0.4, -0.2) is 18.4 Å². The van der Waals surface area contributed by atoms with Gasteiger partial charge in [0.2, 0.25) is 0 Å². The third-order valence-corrected chi connectivity index (χ3v) is 2.44. The van der Waals surface area contributed by atoms with Gasteiger partial charge in [-0.05, 0) is 19.3 Å². The molecule has 1 atom stereocenters. The Balaban J connectivity index is 2.48. The molecule has 0 aliphatic carbocycles. The maximum absolute atomic E-state index is 10.9. The first-order valence-electron chi connectivity index (χ1n) is 5.08. The molecular weight excluding hydrogens is 168 g/mol. The lowest BCUT2D eigenvalue weighted by Gasteiger charge is -2.23. The van der Waals surface area contributed by atoms with Crippen LogP contribution in [0.2, 0.25) is 0 Å². The normalized spacial score (nSPS) is 27.1. The van der Waals surface area contributed by atoms with Crippen molar-refractivity contribution in [3.8, 4) is 0 Å². The van der Waals surface area contributed by atoms with Gasteiger partial charge in [0.1, 0.15) is 12.2 Å². The monoisotopic (exact) mass is 186 g/mol. The fourth-order valence-corrected chi connectivity index (χ4v) is 1.75. The van der Waals surface area contributed by atoms with Gasteiger partial charge in [-0.15, -0.1) is 0 Å². The smallest absolute Gasteiger partial charge is 0.430 e. The molecule has 1 heterocycles. The minimum atomic E-state index is -0.496. The van der Waals surface area contributed by atoms with Crippen molar-refractivity contribution < 1.29 is 14.3 Å². The molecule has 1 unspecified atom stereocenters. The van der Waals surface area contributed by atoms with Gasteiger partial charge in [-0.1, -0.05) is 26.7 Å². The Morgan fingerprint density at radius 3 is 2.54 bits per heavy atom. The summed E-state index contributed by atoms with van der Waals surface area (Å²) >= 11 is 0. The van der Waals surface area contributed by atoms with E-state index < -0.39 is 6.16 Å². The molecule has 0 saturated carbocycles. The minimum Gasteiger partial charge on any atom is -0.430 e. The molecule has 0 radical (unpaired) electrons. The highest BCUT2D eigenvalue weighted by molar-refractivity contribution is 5.62. The van der Waals surface area contributed by atoms with Crippen molar-refractivity contribution in [3.05, 3.63) is 0 Å². The highest BCUT2D eigenvalue weighted by Gasteiger charge is 2.40. The van der Waals surface area contributed by atoms with Crippen molar-refractivity contribution in [1.29, 1.82) is 0 Å². The van der Waals surface area contributed by atoms with E-state index in [1.54, 1.807) is 0 Å². The highest BCUT2D eigenvalue weighted by atomic mass is 16.8. The van der Waals surface area contributed by atoms with Crippen LogP contribution in [0.1, 0.15) is 46.0 Å². The summed E-state index contributed by atoms with van der Waals surface area (Å²) in [5, 5.41) is 0. The molecule has 1 aliphatic rings. The standard InChI is InChI=1S/C10H18O3/c1-3-5-7-10(6-4-2)8-12-9(11)13-10/h3-8H2,1-2H3. The maximum Gasteiger partial charge on any atom is 0.509 e. The van der Waals surface area contributed by atoms with Crippen molar-refractivity contribution in [2.24, 2.45) is 0 Å².